The van der Waals surface area contributed by atoms with Crippen LogP contribution in [0.25, 0.3) is 22.1 Å². The van der Waals surface area contributed by atoms with E-state index >= 15 is 0 Å². The average Bonchev–Trinajstić information content (AvgIpc) is 3.33. The summed E-state index contributed by atoms with van der Waals surface area (Å²) < 4.78 is 1.95. The maximum Gasteiger partial charge on any atom is 0.251 e. The number of H-pyrrole nitrogens is 1. The smallest absolute Gasteiger partial charge is 0.251 e. The van der Waals surface area contributed by atoms with Crippen molar-refractivity contribution in [1.82, 2.24) is 29.8 Å². The Morgan fingerprint density at radius 3 is 2.67 bits per heavy atom. The lowest BCUT2D eigenvalue weighted by atomic mass is 10.2. The molecule has 8 heteroatoms. The Labute approximate surface area is 172 Å². The summed E-state index contributed by atoms with van der Waals surface area (Å²) in [7, 11) is 1.93. The zero-order valence-electron chi connectivity index (χ0n) is 16.3. The SMILES string of the molecule is Cn1c(Nc2cc(C(=O)NCc3nc4ccccc4[nH]3)ccn2)nc2ccccc21. The van der Waals surface area contributed by atoms with E-state index in [1.165, 1.54) is 0 Å². The second kappa shape index (κ2) is 7.32. The Bertz CT molecular complexity index is 1340. The largest absolute Gasteiger partial charge is 0.345 e. The summed E-state index contributed by atoms with van der Waals surface area (Å²) in [5.41, 5.74) is 4.23. The van der Waals surface area contributed by atoms with Gasteiger partial charge in [-0.2, -0.15) is 0 Å². The summed E-state index contributed by atoms with van der Waals surface area (Å²) in [5.74, 6) is 1.70. The molecule has 8 nitrogen and oxygen atoms in total. The molecular weight excluding hydrogens is 378 g/mol. The summed E-state index contributed by atoms with van der Waals surface area (Å²) >= 11 is 0. The lowest BCUT2D eigenvalue weighted by molar-refractivity contribution is 0.0950. The summed E-state index contributed by atoms with van der Waals surface area (Å²) in [5, 5.41) is 6.08. The quantitative estimate of drug-likeness (QED) is 0.421. The second-order valence-electron chi connectivity index (χ2n) is 6.92. The van der Waals surface area contributed by atoms with Gasteiger partial charge in [-0.25, -0.2) is 15.0 Å². The van der Waals surface area contributed by atoms with E-state index in [1.54, 1.807) is 18.3 Å². The van der Waals surface area contributed by atoms with Crippen LogP contribution in [0.4, 0.5) is 11.8 Å². The molecular formula is C22H19N7O. The van der Waals surface area contributed by atoms with Crippen molar-refractivity contribution in [3.63, 3.8) is 0 Å². The van der Waals surface area contributed by atoms with Crippen molar-refractivity contribution in [3.05, 3.63) is 78.2 Å². The van der Waals surface area contributed by atoms with Crippen LogP contribution in [0.1, 0.15) is 16.2 Å². The van der Waals surface area contributed by atoms with E-state index in [-0.39, 0.29) is 5.91 Å². The number of benzene rings is 2. The van der Waals surface area contributed by atoms with Crippen LogP contribution < -0.4 is 10.6 Å². The van der Waals surface area contributed by atoms with E-state index in [0.29, 0.717) is 29.7 Å². The van der Waals surface area contributed by atoms with Gasteiger partial charge in [0.1, 0.15) is 11.6 Å². The molecule has 0 saturated carbocycles. The van der Waals surface area contributed by atoms with Crippen LogP contribution in [-0.4, -0.2) is 30.4 Å². The molecule has 3 aromatic heterocycles. The molecule has 0 aliphatic heterocycles. The zero-order chi connectivity index (χ0) is 20.5. The number of carbonyl (C=O) groups excluding carboxylic acids is 1. The molecule has 3 N–H and O–H groups in total. The van der Waals surface area contributed by atoms with Gasteiger partial charge in [0.25, 0.3) is 5.91 Å². The summed E-state index contributed by atoms with van der Waals surface area (Å²) in [6.07, 6.45) is 1.60. The number of amides is 1. The zero-order valence-corrected chi connectivity index (χ0v) is 16.3. The van der Waals surface area contributed by atoms with Gasteiger partial charge in [-0.1, -0.05) is 24.3 Å². The molecule has 0 bridgehead atoms. The highest BCUT2D eigenvalue weighted by Crippen LogP contribution is 2.20. The molecule has 1 amide bonds. The Morgan fingerprint density at radius 2 is 1.83 bits per heavy atom. The van der Waals surface area contributed by atoms with Crippen molar-refractivity contribution in [1.29, 1.82) is 0 Å². The lowest BCUT2D eigenvalue weighted by Crippen LogP contribution is -2.23. The van der Waals surface area contributed by atoms with Crippen LogP contribution in [-0.2, 0) is 13.6 Å². The number of aromatic nitrogens is 5. The topological polar surface area (TPSA) is 101 Å². The predicted octanol–water partition coefficient (Wildman–Crippen LogP) is 3.52. The normalized spacial score (nSPS) is 11.1. The van der Waals surface area contributed by atoms with E-state index in [4.69, 9.17) is 0 Å². The first kappa shape index (κ1) is 17.9. The van der Waals surface area contributed by atoms with Gasteiger partial charge < -0.3 is 20.2 Å². The number of para-hydroxylation sites is 4. The van der Waals surface area contributed by atoms with Gasteiger partial charge in [-0.15, -0.1) is 0 Å². The molecule has 2 aromatic carbocycles. The molecule has 3 heterocycles. The van der Waals surface area contributed by atoms with Gasteiger partial charge in [-0.3, -0.25) is 4.79 Å². The maximum absolute atomic E-state index is 12.6. The minimum absolute atomic E-state index is 0.203. The first-order valence-corrected chi connectivity index (χ1v) is 9.54. The number of nitrogens with zero attached hydrogens (tertiary/aromatic N) is 4. The van der Waals surface area contributed by atoms with E-state index in [9.17, 15) is 4.79 Å². The number of pyridine rings is 1. The standard InChI is InChI=1S/C22H19N7O/c1-29-18-9-5-4-8-17(18)27-22(29)28-19-12-14(10-11-23-19)21(30)24-13-20-25-15-6-2-3-7-16(15)26-20/h2-12H,13H2,1H3,(H,24,30)(H,25,26)(H,23,27,28). The van der Waals surface area contributed by atoms with E-state index in [0.717, 1.165) is 22.1 Å². The second-order valence-corrected chi connectivity index (χ2v) is 6.92. The van der Waals surface area contributed by atoms with Crippen molar-refractivity contribution in [2.75, 3.05) is 5.32 Å². The summed E-state index contributed by atoms with van der Waals surface area (Å²) in [6.45, 7) is 0.309. The highest BCUT2D eigenvalue weighted by Gasteiger charge is 2.11. The molecule has 0 aliphatic rings. The number of anilines is 2. The Kier molecular flexibility index (Phi) is 4.36. The van der Waals surface area contributed by atoms with Crippen molar-refractivity contribution in [2.45, 2.75) is 6.54 Å². The maximum atomic E-state index is 12.6. The van der Waals surface area contributed by atoms with E-state index in [2.05, 4.69) is 30.6 Å². The van der Waals surface area contributed by atoms with Gasteiger partial charge in [0, 0.05) is 18.8 Å². The Hall–Kier alpha value is -4.20. The summed E-state index contributed by atoms with van der Waals surface area (Å²) in [4.78, 5) is 29.2. The number of imidazole rings is 2. The van der Waals surface area contributed by atoms with Crippen molar-refractivity contribution in [2.24, 2.45) is 7.05 Å². The molecule has 5 aromatic rings. The van der Waals surface area contributed by atoms with E-state index < -0.39 is 0 Å². The molecule has 0 unspecified atom stereocenters. The molecule has 0 atom stereocenters. The Balaban J connectivity index is 1.31. The number of hydrogen-bond acceptors (Lipinski definition) is 5. The molecule has 0 radical (unpaired) electrons. The molecule has 30 heavy (non-hydrogen) atoms. The van der Waals surface area contributed by atoms with Crippen molar-refractivity contribution < 1.29 is 4.79 Å². The van der Waals surface area contributed by atoms with Crippen LogP contribution in [0.15, 0.2) is 66.9 Å². The van der Waals surface area contributed by atoms with Gasteiger partial charge >= 0.3 is 0 Å². The monoisotopic (exact) mass is 397 g/mol. The van der Waals surface area contributed by atoms with Gasteiger partial charge in [-0.05, 0) is 36.4 Å². The van der Waals surface area contributed by atoms with Crippen LogP contribution in [0.3, 0.4) is 0 Å². The lowest BCUT2D eigenvalue weighted by Gasteiger charge is -2.08. The van der Waals surface area contributed by atoms with Crippen molar-refractivity contribution in [3.8, 4) is 0 Å². The number of carbonyl (C=O) groups is 1. The summed E-state index contributed by atoms with van der Waals surface area (Å²) in [6, 6.07) is 19.0. The predicted molar refractivity (Wildman–Crippen MR) is 115 cm³/mol. The third-order valence-electron chi connectivity index (χ3n) is 4.90. The minimum atomic E-state index is -0.203. The number of fused-ring (bicyclic) bond motifs is 2. The molecule has 0 spiro atoms. The Morgan fingerprint density at radius 1 is 1.03 bits per heavy atom. The van der Waals surface area contributed by atoms with Crippen LogP contribution >= 0.6 is 0 Å². The van der Waals surface area contributed by atoms with Crippen LogP contribution in [0, 0.1) is 0 Å². The number of aromatic amines is 1. The van der Waals surface area contributed by atoms with Crippen LogP contribution in [0.2, 0.25) is 0 Å². The third kappa shape index (κ3) is 3.35. The fourth-order valence-corrected chi connectivity index (χ4v) is 3.37. The van der Waals surface area contributed by atoms with Crippen molar-refractivity contribution >= 4 is 39.7 Å². The fourth-order valence-electron chi connectivity index (χ4n) is 3.37. The first-order chi connectivity index (χ1) is 14.7. The molecule has 0 aliphatic carbocycles. The van der Waals surface area contributed by atoms with Gasteiger partial charge in [0.2, 0.25) is 5.95 Å². The highest BCUT2D eigenvalue weighted by molar-refractivity contribution is 5.95. The average molecular weight is 397 g/mol. The number of nitrogens with one attached hydrogen (secondary N) is 3. The molecule has 5 rings (SSSR count). The van der Waals surface area contributed by atoms with E-state index in [1.807, 2.05) is 60.1 Å². The first-order valence-electron chi connectivity index (χ1n) is 9.54. The third-order valence-corrected chi connectivity index (χ3v) is 4.90. The number of hydrogen-bond donors (Lipinski definition) is 3. The van der Waals surface area contributed by atoms with Gasteiger partial charge in [0.15, 0.2) is 0 Å². The molecule has 148 valence electrons. The highest BCUT2D eigenvalue weighted by atomic mass is 16.1. The number of rotatable bonds is 5. The molecule has 0 fully saturated rings. The van der Waals surface area contributed by atoms with Gasteiger partial charge in [0.05, 0.1) is 28.6 Å². The number of aryl methyl sites for hydroxylation is 1. The van der Waals surface area contributed by atoms with Crippen LogP contribution in [0.5, 0.6) is 0 Å². The minimum Gasteiger partial charge on any atom is -0.345 e. The fraction of sp³-hybridized carbons (Fsp3) is 0.0909. The molecule has 0 saturated heterocycles.